The Labute approximate surface area is 223 Å². The molecule has 5 nitrogen and oxygen atoms in total. The molecule has 190 valence electrons. The monoisotopic (exact) mass is 526 g/mol. The molecule has 36 heavy (non-hydrogen) atoms. The molecule has 1 N–H and O–H groups in total. The van der Waals surface area contributed by atoms with Crippen LogP contribution in [0.15, 0.2) is 66.7 Å². The van der Waals surface area contributed by atoms with Gasteiger partial charge in [-0.15, -0.1) is 0 Å². The Bertz CT molecular complexity index is 1160. The summed E-state index contributed by atoms with van der Waals surface area (Å²) < 4.78 is 5.93. The van der Waals surface area contributed by atoms with E-state index >= 15 is 0 Å². The lowest BCUT2D eigenvalue weighted by Gasteiger charge is -2.32. The van der Waals surface area contributed by atoms with Gasteiger partial charge in [-0.05, 0) is 55.2 Å². The summed E-state index contributed by atoms with van der Waals surface area (Å²) in [6.07, 6.45) is 1.12. The Morgan fingerprint density at radius 1 is 0.944 bits per heavy atom. The molecule has 0 heterocycles. The zero-order chi connectivity index (χ0) is 26.1. The smallest absolute Gasteiger partial charge is 0.261 e. The number of carbonyl (C=O) groups excluding carboxylic acids is 2. The Kier molecular flexibility index (Phi) is 10.2. The molecule has 1 atom stereocenters. The van der Waals surface area contributed by atoms with Crippen LogP contribution in [-0.2, 0) is 22.6 Å². The van der Waals surface area contributed by atoms with Gasteiger partial charge in [0.15, 0.2) is 6.61 Å². The fraction of sp³-hybridized carbons (Fsp3) is 0.310. The van der Waals surface area contributed by atoms with E-state index in [9.17, 15) is 9.59 Å². The lowest BCUT2D eigenvalue weighted by Crippen LogP contribution is -2.51. The highest BCUT2D eigenvalue weighted by molar-refractivity contribution is 6.36. The van der Waals surface area contributed by atoms with Crippen LogP contribution in [0.4, 0.5) is 0 Å². The average Bonchev–Trinajstić information content (AvgIpc) is 2.87. The molecule has 0 spiro atoms. The molecule has 0 saturated heterocycles. The third-order valence-electron chi connectivity index (χ3n) is 6.12. The first kappa shape index (κ1) is 27.6. The topological polar surface area (TPSA) is 58.6 Å². The van der Waals surface area contributed by atoms with Crippen LogP contribution in [0.2, 0.25) is 10.0 Å². The van der Waals surface area contributed by atoms with E-state index in [2.05, 4.69) is 5.32 Å². The summed E-state index contributed by atoms with van der Waals surface area (Å²) in [5, 5.41) is 3.82. The number of benzene rings is 3. The number of nitrogens with one attached hydrogen (secondary N) is 1. The summed E-state index contributed by atoms with van der Waals surface area (Å²) in [6, 6.07) is 19.8. The van der Waals surface area contributed by atoms with Gasteiger partial charge < -0.3 is 15.0 Å². The number of aryl methyl sites for hydroxylation is 1. The van der Waals surface area contributed by atoms with Crippen molar-refractivity contribution in [1.29, 1.82) is 0 Å². The maximum atomic E-state index is 13.7. The van der Waals surface area contributed by atoms with E-state index in [1.807, 2.05) is 69.3 Å². The summed E-state index contributed by atoms with van der Waals surface area (Å²) >= 11 is 12.9. The van der Waals surface area contributed by atoms with Crippen molar-refractivity contribution in [3.63, 3.8) is 0 Å². The van der Waals surface area contributed by atoms with E-state index in [0.717, 1.165) is 23.1 Å². The Morgan fingerprint density at radius 3 is 2.28 bits per heavy atom. The number of hydrogen-bond donors (Lipinski definition) is 1. The second kappa shape index (κ2) is 13.3. The van der Waals surface area contributed by atoms with Crippen LogP contribution in [0, 0.1) is 13.8 Å². The zero-order valence-corrected chi connectivity index (χ0v) is 22.4. The summed E-state index contributed by atoms with van der Waals surface area (Å²) in [4.78, 5) is 28.6. The SMILES string of the molecule is CCCNC(=O)[C@H](Cc1ccccc1)N(Cc1c(Cl)cccc1Cl)C(=O)COc1cccc(C)c1C. The largest absolute Gasteiger partial charge is 0.483 e. The molecule has 0 aliphatic heterocycles. The minimum atomic E-state index is -0.777. The van der Waals surface area contributed by atoms with E-state index in [1.165, 1.54) is 4.90 Å². The van der Waals surface area contributed by atoms with Crippen LogP contribution in [0.25, 0.3) is 0 Å². The van der Waals surface area contributed by atoms with E-state index < -0.39 is 6.04 Å². The van der Waals surface area contributed by atoms with E-state index in [1.54, 1.807) is 18.2 Å². The first-order chi connectivity index (χ1) is 17.3. The maximum Gasteiger partial charge on any atom is 0.261 e. The number of ether oxygens (including phenoxy) is 1. The highest BCUT2D eigenvalue weighted by Gasteiger charge is 2.31. The number of rotatable bonds is 11. The summed E-state index contributed by atoms with van der Waals surface area (Å²) in [6.45, 7) is 6.29. The van der Waals surface area contributed by atoms with Gasteiger partial charge in [0.2, 0.25) is 5.91 Å². The predicted molar refractivity (Wildman–Crippen MR) is 146 cm³/mol. The van der Waals surface area contributed by atoms with Gasteiger partial charge in [0.25, 0.3) is 5.91 Å². The van der Waals surface area contributed by atoms with Crippen molar-refractivity contribution in [2.24, 2.45) is 0 Å². The van der Waals surface area contributed by atoms with Crippen molar-refractivity contribution in [2.75, 3.05) is 13.2 Å². The summed E-state index contributed by atoms with van der Waals surface area (Å²) in [5.41, 5.74) is 3.56. The molecule has 0 aliphatic rings. The number of amides is 2. The molecule has 0 aliphatic carbocycles. The van der Waals surface area contributed by atoms with Gasteiger partial charge in [-0.2, -0.15) is 0 Å². The van der Waals surface area contributed by atoms with Gasteiger partial charge in [0.1, 0.15) is 11.8 Å². The van der Waals surface area contributed by atoms with Crippen LogP contribution in [0.3, 0.4) is 0 Å². The molecule has 7 heteroatoms. The van der Waals surface area contributed by atoms with Gasteiger partial charge in [-0.25, -0.2) is 0 Å². The maximum absolute atomic E-state index is 13.7. The van der Waals surface area contributed by atoms with Crippen LogP contribution in [0.5, 0.6) is 5.75 Å². The van der Waals surface area contributed by atoms with Crippen molar-refractivity contribution < 1.29 is 14.3 Å². The normalized spacial score (nSPS) is 11.6. The van der Waals surface area contributed by atoms with E-state index in [-0.39, 0.29) is 25.0 Å². The highest BCUT2D eigenvalue weighted by Crippen LogP contribution is 2.27. The number of carbonyl (C=O) groups is 2. The minimum absolute atomic E-state index is 0.0740. The average molecular weight is 527 g/mol. The predicted octanol–water partition coefficient (Wildman–Crippen LogP) is 6.16. The zero-order valence-electron chi connectivity index (χ0n) is 20.9. The van der Waals surface area contributed by atoms with Crippen molar-refractivity contribution in [2.45, 2.75) is 46.2 Å². The van der Waals surface area contributed by atoms with Gasteiger partial charge in [0, 0.05) is 35.1 Å². The Hall–Kier alpha value is -3.02. The second-order valence-corrected chi connectivity index (χ2v) is 9.52. The summed E-state index contributed by atoms with van der Waals surface area (Å²) in [5.74, 6) is 0.0672. The van der Waals surface area contributed by atoms with Gasteiger partial charge >= 0.3 is 0 Å². The molecule has 3 rings (SSSR count). The molecular weight excluding hydrogens is 495 g/mol. The standard InChI is InChI=1S/C29H32Cl2N2O3/c1-4-16-32-29(35)26(17-22-11-6-5-7-12-22)33(18-23-24(30)13-9-14-25(23)31)28(34)19-36-27-15-8-10-20(2)21(27)3/h5-15,26H,4,16-19H2,1-3H3,(H,32,35)/t26-/m0/s1. The van der Waals surface area contributed by atoms with Gasteiger partial charge in [-0.3, -0.25) is 9.59 Å². The van der Waals surface area contributed by atoms with Crippen molar-refractivity contribution in [3.05, 3.63) is 99.0 Å². The molecule has 0 fully saturated rings. The lowest BCUT2D eigenvalue weighted by molar-refractivity contribution is -0.142. The third kappa shape index (κ3) is 7.25. The van der Waals surface area contributed by atoms with Crippen molar-refractivity contribution in [1.82, 2.24) is 10.2 Å². The molecular formula is C29H32Cl2N2O3. The second-order valence-electron chi connectivity index (χ2n) is 8.71. The third-order valence-corrected chi connectivity index (χ3v) is 6.82. The minimum Gasteiger partial charge on any atom is -0.483 e. The Balaban J connectivity index is 1.96. The molecule has 3 aromatic rings. The number of hydrogen-bond acceptors (Lipinski definition) is 3. The number of halogens is 2. The fourth-order valence-electron chi connectivity index (χ4n) is 3.88. The van der Waals surface area contributed by atoms with Crippen molar-refractivity contribution in [3.8, 4) is 5.75 Å². The Morgan fingerprint density at radius 2 is 1.61 bits per heavy atom. The fourth-order valence-corrected chi connectivity index (χ4v) is 4.39. The highest BCUT2D eigenvalue weighted by atomic mass is 35.5. The molecule has 0 radical (unpaired) electrons. The quantitative estimate of drug-likeness (QED) is 0.325. The van der Waals surface area contributed by atoms with E-state index in [4.69, 9.17) is 27.9 Å². The number of nitrogens with zero attached hydrogens (tertiary/aromatic N) is 1. The first-order valence-corrected chi connectivity index (χ1v) is 12.8. The van der Waals surface area contributed by atoms with Crippen LogP contribution >= 0.6 is 23.2 Å². The van der Waals surface area contributed by atoms with Gasteiger partial charge in [-0.1, -0.05) is 78.7 Å². The van der Waals surface area contributed by atoms with Crippen molar-refractivity contribution >= 4 is 35.0 Å². The lowest BCUT2D eigenvalue weighted by atomic mass is 10.0. The van der Waals surface area contributed by atoms with Crippen LogP contribution in [0.1, 0.15) is 35.6 Å². The molecule has 2 amide bonds. The van der Waals surface area contributed by atoms with Gasteiger partial charge in [0.05, 0.1) is 0 Å². The molecule has 3 aromatic carbocycles. The molecule has 0 unspecified atom stereocenters. The molecule has 0 saturated carbocycles. The van der Waals surface area contributed by atoms with Crippen LogP contribution < -0.4 is 10.1 Å². The summed E-state index contributed by atoms with van der Waals surface area (Å²) in [7, 11) is 0. The van der Waals surface area contributed by atoms with E-state index in [0.29, 0.717) is 34.3 Å². The van der Waals surface area contributed by atoms with Crippen LogP contribution in [-0.4, -0.2) is 35.9 Å². The first-order valence-electron chi connectivity index (χ1n) is 12.0. The molecule has 0 bridgehead atoms. The molecule has 0 aromatic heterocycles.